The first-order chi connectivity index (χ1) is 13.0. The highest BCUT2D eigenvalue weighted by atomic mass is 32.2. The Kier molecular flexibility index (Phi) is 5.08. The van der Waals surface area contributed by atoms with Crippen molar-refractivity contribution in [3.05, 3.63) is 47.9 Å². The molecule has 6 heteroatoms. The number of para-hydroxylation sites is 1. The number of amides is 1. The zero-order valence-corrected chi connectivity index (χ0v) is 16.6. The Morgan fingerprint density at radius 2 is 2.19 bits per heavy atom. The topological polar surface area (TPSA) is 51.9 Å². The third-order valence-electron chi connectivity index (χ3n) is 4.96. The fourth-order valence-corrected chi connectivity index (χ4v) is 4.83. The van der Waals surface area contributed by atoms with E-state index >= 15 is 0 Å². The molecule has 3 heterocycles. The maximum absolute atomic E-state index is 12.7. The van der Waals surface area contributed by atoms with Crippen molar-refractivity contribution >= 4 is 17.7 Å². The summed E-state index contributed by atoms with van der Waals surface area (Å²) in [4.78, 5) is 14.6. The minimum atomic E-state index is -0.228. The van der Waals surface area contributed by atoms with E-state index in [0.29, 0.717) is 11.0 Å². The number of ether oxygens (including phenoxy) is 2. The van der Waals surface area contributed by atoms with Crippen molar-refractivity contribution in [1.82, 2.24) is 4.90 Å². The van der Waals surface area contributed by atoms with E-state index in [1.54, 1.807) is 6.26 Å². The molecule has 1 aromatic heterocycles. The lowest BCUT2D eigenvalue weighted by Crippen LogP contribution is -2.36. The summed E-state index contributed by atoms with van der Waals surface area (Å²) in [6.45, 7) is 5.62. The zero-order valence-electron chi connectivity index (χ0n) is 15.8. The predicted octanol–water partition coefficient (Wildman–Crippen LogP) is 4.08. The average molecular weight is 388 g/mol. The molecule has 1 aromatic carbocycles. The highest BCUT2D eigenvalue weighted by Gasteiger charge is 2.32. The van der Waals surface area contributed by atoms with Crippen molar-refractivity contribution in [1.29, 1.82) is 0 Å². The third-order valence-corrected chi connectivity index (χ3v) is 6.25. The van der Waals surface area contributed by atoms with Crippen molar-refractivity contribution in [2.45, 2.75) is 37.5 Å². The molecule has 0 N–H and O–H groups in total. The van der Waals surface area contributed by atoms with Gasteiger partial charge in [-0.2, -0.15) is 0 Å². The van der Waals surface area contributed by atoms with Crippen LogP contribution >= 0.6 is 11.8 Å². The summed E-state index contributed by atoms with van der Waals surface area (Å²) in [6, 6.07) is 9.81. The van der Waals surface area contributed by atoms with Gasteiger partial charge in [0.25, 0.3) is 5.91 Å². The molecule has 0 spiro atoms. The minimum absolute atomic E-state index is 0.0190. The molecule has 2 aromatic rings. The lowest BCUT2D eigenvalue weighted by Gasteiger charge is -2.21. The molecule has 1 unspecified atom stereocenters. The number of fused-ring (bicyclic) bond motifs is 1. The summed E-state index contributed by atoms with van der Waals surface area (Å²) in [6.07, 6.45) is 3.45. The van der Waals surface area contributed by atoms with E-state index in [4.69, 9.17) is 13.9 Å². The molecule has 0 aliphatic carbocycles. The molecule has 1 fully saturated rings. The summed E-state index contributed by atoms with van der Waals surface area (Å²) in [7, 11) is 0. The number of furan rings is 1. The molecule has 2 aliphatic heterocycles. The van der Waals surface area contributed by atoms with E-state index in [0.717, 1.165) is 48.8 Å². The standard InChI is InChI=1S/C21H25NO4S/c1-21(2)13-15-5-3-6-17(20(15)26-21)25-14-19(23)22-9-8-18(27-12-10-22)16-7-4-11-24-16/h3-7,11,18H,8-10,12-14H2,1-2H3. The molecule has 5 nitrogen and oxygen atoms in total. The molecule has 0 bridgehead atoms. The van der Waals surface area contributed by atoms with Crippen LogP contribution in [0.1, 0.15) is 36.8 Å². The number of rotatable bonds is 4. The van der Waals surface area contributed by atoms with E-state index in [2.05, 4.69) is 19.9 Å². The minimum Gasteiger partial charge on any atom is -0.483 e. The maximum atomic E-state index is 12.7. The van der Waals surface area contributed by atoms with Crippen molar-refractivity contribution < 1.29 is 18.7 Å². The van der Waals surface area contributed by atoms with Crippen molar-refractivity contribution in [2.24, 2.45) is 0 Å². The van der Waals surface area contributed by atoms with E-state index in [9.17, 15) is 4.79 Å². The van der Waals surface area contributed by atoms with Crippen LogP contribution in [0.3, 0.4) is 0 Å². The fraction of sp³-hybridized carbons (Fsp3) is 0.476. The van der Waals surface area contributed by atoms with Gasteiger partial charge in [-0.1, -0.05) is 12.1 Å². The van der Waals surface area contributed by atoms with Crippen LogP contribution in [-0.4, -0.2) is 41.9 Å². The lowest BCUT2D eigenvalue weighted by atomic mass is 10.0. The Labute approximate surface area is 164 Å². The molecule has 4 rings (SSSR count). The molecular formula is C21H25NO4S. The van der Waals surface area contributed by atoms with Crippen molar-refractivity contribution in [3.63, 3.8) is 0 Å². The van der Waals surface area contributed by atoms with Crippen molar-refractivity contribution in [2.75, 3.05) is 25.4 Å². The number of benzene rings is 1. The molecule has 27 heavy (non-hydrogen) atoms. The van der Waals surface area contributed by atoms with Crippen LogP contribution in [0, 0.1) is 0 Å². The quantitative estimate of drug-likeness (QED) is 0.791. The van der Waals surface area contributed by atoms with E-state index in [-0.39, 0.29) is 18.1 Å². The number of carbonyl (C=O) groups excluding carboxylic acids is 1. The van der Waals surface area contributed by atoms with Gasteiger partial charge in [0.05, 0.1) is 11.5 Å². The van der Waals surface area contributed by atoms with Gasteiger partial charge in [-0.3, -0.25) is 4.79 Å². The SMILES string of the molecule is CC1(C)Cc2cccc(OCC(=O)N3CCSC(c4ccco4)CC3)c2O1. The first kappa shape index (κ1) is 18.3. The molecule has 0 radical (unpaired) electrons. The van der Waals surface area contributed by atoms with Crippen LogP contribution < -0.4 is 9.47 Å². The largest absolute Gasteiger partial charge is 0.483 e. The first-order valence-electron chi connectivity index (χ1n) is 9.38. The lowest BCUT2D eigenvalue weighted by molar-refractivity contribution is -0.133. The van der Waals surface area contributed by atoms with E-state index in [1.807, 2.05) is 40.9 Å². The Morgan fingerprint density at radius 1 is 1.30 bits per heavy atom. The number of hydrogen-bond donors (Lipinski definition) is 0. The number of carbonyl (C=O) groups is 1. The molecular weight excluding hydrogens is 362 g/mol. The van der Waals surface area contributed by atoms with Gasteiger partial charge in [-0.25, -0.2) is 0 Å². The summed E-state index contributed by atoms with van der Waals surface area (Å²) >= 11 is 1.84. The Balaban J connectivity index is 1.35. The van der Waals surface area contributed by atoms with Gasteiger partial charge >= 0.3 is 0 Å². The maximum Gasteiger partial charge on any atom is 0.260 e. The fourth-order valence-electron chi connectivity index (χ4n) is 3.65. The highest BCUT2D eigenvalue weighted by Crippen LogP contribution is 2.41. The van der Waals surface area contributed by atoms with Crippen LogP contribution in [0.4, 0.5) is 0 Å². The van der Waals surface area contributed by atoms with Gasteiger partial charge < -0.3 is 18.8 Å². The molecule has 1 saturated heterocycles. The molecule has 2 aliphatic rings. The van der Waals surface area contributed by atoms with Crippen molar-refractivity contribution in [3.8, 4) is 11.5 Å². The number of thioether (sulfide) groups is 1. The highest BCUT2D eigenvalue weighted by molar-refractivity contribution is 7.99. The van der Waals surface area contributed by atoms with Crippen LogP contribution in [0.2, 0.25) is 0 Å². The van der Waals surface area contributed by atoms with Crippen LogP contribution in [0.5, 0.6) is 11.5 Å². The van der Waals surface area contributed by atoms with Crippen LogP contribution in [-0.2, 0) is 11.2 Å². The smallest absolute Gasteiger partial charge is 0.260 e. The Hall–Kier alpha value is -2.08. The summed E-state index contributed by atoms with van der Waals surface area (Å²) < 4.78 is 17.4. The Bertz CT molecular complexity index is 803. The monoisotopic (exact) mass is 387 g/mol. The predicted molar refractivity (Wildman–Crippen MR) is 105 cm³/mol. The molecule has 1 atom stereocenters. The molecule has 1 amide bonds. The summed E-state index contributed by atoms with van der Waals surface area (Å²) in [5.41, 5.74) is 0.909. The molecule has 144 valence electrons. The first-order valence-corrected chi connectivity index (χ1v) is 10.4. The zero-order chi connectivity index (χ0) is 18.9. The second-order valence-corrected chi connectivity index (χ2v) is 8.93. The molecule has 0 saturated carbocycles. The summed E-state index contributed by atoms with van der Waals surface area (Å²) in [5.74, 6) is 3.34. The average Bonchev–Trinajstić information content (AvgIpc) is 3.19. The van der Waals surface area contributed by atoms with Gasteiger partial charge in [-0.15, -0.1) is 11.8 Å². The van der Waals surface area contributed by atoms with Crippen LogP contribution in [0.25, 0.3) is 0 Å². The second kappa shape index (κ2) is 7.50. The van der Waals surface area contributed by atoms with Gasteiger partial charge in [-0.05, 0) is 38.5 Å². The van der Waals surface area contributed by atoms with Gasteiger partial charge in [0.15, 0.2) is 18.1 Å². The van der Waals surface area contributed by atoms with E-state index in [1.165, 1.54) is 0 Å². The number of hydrogen-bond acceptors (Lipinski definition) is 5. The third kappa shape index (κ3) is 4.10. The van der Waals surface area contributed by atoms with Gasteiger partial charge in [0.2, 0.25) is 0 Å². The normalized spacial score (nSPS) is 21.3. The van der Waals surface area contributed by atoms with Gasteiger partial charge in [0, 0.05) is 30.8 Å². The summed E-state index contributed by atoms with van der Waals surface area (Å²) in [5, 5.41) is 0.312. The Morgan fingerprint density at radius 3 is 3.00 bits per heavy atom. The van der Waals surface area contributed by atoms with Gasteiger partial charge in [0.1, 0.15) is 11.4 Å². The van der Waals surface area contributed by atoms with Crippen LogP contribution in [0.15, 0.2) is 41.0 Å². The van der Waals surface area contributed by atoms with E-state index < -0.39 is 0 Å². The second-order valence-electron chi connectivity index (χ2n) is 7.62. The number of nitrogens with zero attached hydrogens (tertiary/aromatic N) is 1.